The Balaban J connectivity index is 1.38. The van der Waals surface area contributed by atoms with Gasteiger partial charge in [-0.15, -0.1) is 0 Å². The van der Waals surface area contributed by atoms with Crippen LogP contribution in [-0.2, 0) is 21.5 Å². The minimum absolute atomic E-state index is 0.0149. The summed E-state index contributed by atoms with van der Waals surface area (Å²) < 4.78 is 0. The molecule has 5 rings (SSSR count). The lowest BCUT2D eigenvalue weighted by Gasteiger charge is -2.48. The van der Waals surface area contributed by atoms with Gasteiger partial charge in [0.15, 0.2) is 0 Å². The summed E-state index contributed by atoms with van der Waals surface area (Å²) >= 11 is 0. The number of rotatable bonds is 3. The molecule has 2 unspecified atom stereocenters. The molecule has 2 atom stereocenters. The van der Waals surface area contributed by atoms with Crippen molar-refractivity contribution in [2.45, 2.75) is 68.9 Å². The number of carbonyl (C=O) groups is 2. The van der Waals surface area contributed by atoms with Crippen LogP contribution < -0.4 is 10.6 Å². The van der Waals surface area contributed by atoms with Crippen LogP contribution in [0.4, 0.5) is 0 Å². The van der Waals surface area contributed by atoms with Gasteiger partial charge in [-0.2, -0.15) is 5.26 Å². The number of nitriles is 1. The monoisotopic (exact) mass is 420 g/mol. The van der Waals surface area contributed by atoms with E-state index < -0.39 is 5.54 Å². The summed E-state index contributed by atoms with van der Waals surface area (Å²) in [4.78, 5) is 28.9. The Morgan fingerprint density at radius 1 is 1.06 bits per heavy atom. The molecule has 2 amide bonds. The predicted octanol–water partition coefficient (Wildman–Crippen LogP) is 2.63. The van der Waals surface area contributed by atoms with E-state index >= 15 is 0 Å². The second-order valence-corrected chi connectivity index (χ2v) is 10.1. The van der Waals surface area contributed by atoms with Crippen LogP contribution in [0.1, 0.15) is 62.5 Å². The van der Waals surface area contributed by atoms with Crippen molar-refractivity contribution in [1.29, 1.82) is 5.26 Å². The number of nitrogens with zero attached hydrogens (tertiary/aromatic N) is 2. The van der Waals surface area contributed by atoms with E-state index in [9.17, 15) is 14.9 Å². The zero-order chi connectivity index (χ0) is 21.5. The highest BCUT2D eigenvalue weighted by molar-refractivity contribution is 5.89. The van der Waals surface area contributed by atoms with Crippen LogP contribution in [0.2, 0.25) is 0 Å². The molecule has 2 heterocycles. The van der Waals surface area contributed by atoms with Gasteiger partial charge in [-0.1, -0.05) is 37.1 Å². The molecule has 0 radical (unpaired) electrons. The largest absolute Gasteiger partial charge is 0.338 e. The van der Waals surface area contributed by atoms with Gasteiger partial charge in [-0.05, 0) is 62.7 Å². The third kappa shape index (κ3) is 3.74. The quantitative estimate of drug-likeness (QED) is 0.787. The van der Waals surface area contributed by atoms with E-state index in [-0.39, 0.29) is 29.1 Å². The van der Waals surface area contributed by atoms with E-state index in [0.29, 0.717) is 6.54 Å². The number of hydrogen-bond donors (Lipinski definition) is 2. The molecule has 2 aliphatic carbocycles. The van der Waals surface area contributed by atoms with Gasteiger partial charge in [-0.25, -0.2) is 0 Å². The Hall–Kier alpha value is -2.39. The lowest BCUT2D eigenvalue weighted by Crippen LogP contribution is -2.55. The van der Waals surface area contributed by atoms with Crippen molar-refractivity contribution in [3.05, 3.63) is 35.4 Å². The first kappa shape index (κ1) is 20.5. The molecule has 0 aromatic heterocycles. The normalized spacial score (nSPS) is 28.3. The number of piperidine rings is 1. The Bertz CT molecular complexity index is 910. The second-order valence-electron chi connectivity index (χ2n) is 10.1. The number of fused-ring (bicyclic) bond motifs is 2. The highest BCUT2D eigenvalue weighted by Gasteiger charge is 2.49. The van der Waals surface area contributed by atoms with Crippen molar-refractivity contribution in [3.8, 4) is 6.07 Å². The van der Waals surface area contributed by atoms with Crippen LogP contribution in [0, 0.1) is 23.2 Å². The molecular formula is C25H32N4O2. The molecule has 31 heavy (non-hydrogen) atoms. The van der Waals surface area contributed by atoms with Crippen LogP contribution in [0.3, 0.4) is 0 Å². The molecule has 1 spiro atoms. The fourth-order valence-corrected chi connectivity index (χ4v) is 6.07. The topological polar surface area (TPSA) is 85.2 Å². The minimum Gasteiger partial charge on any atom is -0.338 e. The zero-order valence-electron chi connectivity index (χ0n) is 18.2. The van der Waals surface area contributed by atoms with Crippen molar-refractivity contribution >= 4 is 11.8 Å². The average Bonchev–Trinajstić information content (AvgIpc) is 3.59. The maximum Gasteiger partial charge on any atom is 0.226 e. The fraction of sp³-hybridized carbons (Fsp3) is 0.640. The number of amides is 2. The molecule has 0 bridgehead atoms. The van der Waals surface area contributed by atoms with E-state index in [1.165, 1.54) is 11.1 Å². The minimum atomic E-state index is -0.675. The molecule has 6 heteroatoms. The standard InChI is InChI=1S/C25H32N4O2/c26-16-25(9-10-25)28-22(30)19-6-2-3-7-20(19)23(31)29-15-18-5-1-4-8-21(18)24(17-29)11-13-27-14-12-24/h1,4-5,8,19-20,27H,2-3,6-7,9-15,17H2,(H,28,30). The van der Waals surface area contributed by atoms with Gasteiger partial charge in [0.2, 0.25) is 11.8 Å². The molecule has 1 saturated heterocycles. The molecule has 1 aromatic carbocycles. The zero-order valence-corrected chi connectivity index (χ0v) is 18.2. The van der Waals surface area contributed by atoms with Crippen LogP contribution >= 0.6 is 0 Å². The van der Waals surface area contributed by atoms with Crippen molar-refractivity contribution in [1.82, 2.24) is 15.5 Å². The summed E-state index contributed by atoms with van der Waals surface area (Å²) in [6.45, 7) is 3.33. The van der Waals surface area contributed by atoms with Gasteiger partial charge in [0.05, 0.1) is 6.07 Å². The summed E-state index contributed by atoms with van der Waals surface area (Å²) in [7, 11) is 0. The maximum atomic E-state index is 13.8. The van der Waals surface area contributed by atoms with Gasteiger partial charge in [0, 0.05) is 30.3 Å². The first-order valence-electron chi connectivity index (χ1n) is 11.9. The highest BCUT2D eigenvalue weighted by Crippen LogP contribution is 2.42. The average molecular weight is 421 g/mol. The highest BCUT2D eigenvalue weighted by atomic mass is 16.2. The number of nitrogens with one attached hydrogen (secondary N) is 2. The third-order valence-electron chi connectivity index (χ3n) is 8.06. The smallest absolute Gasteiger partial charge is 0.226 e. The molecule has 2 saturated carbocycles. The maximum absolute atomic E-state index is 13.8. The van der Waals surface area contributed by atoms with Gasteiger partial charge < -0.3 is 15.5 Å². The summed E-state index contributed by atoms with van der Waals surface area (Å²) in [6, 6.07) is 10.8. The van der Waals surface area contributed by atoms with E-state index in [1.54, 1.807) is 0 Å². The predicted molar refractivity (Wildman–Crippen MR) is 117 cm³/mol. The summed E-state index contributed by atoms with van der Waals surface area (Å²) in [6.07, 6.45) is 6.98. The Morgan fingerprint density at radius 2 is 1.77 bits per heavy atom. The summed E-state index contributed by atoms with van der Waals surface area (Å²) in [5.74, 6) is -0.541. The molecule has 1 aromatic rings. The first-order chi connectivity index (χ1) is 15.1. The van der Waals surface area contributed by atoms with Crippen LogP contribution in [0.25, 0.3) is 0 Å². The van der Waals surface area contributed by atoms with Crippen molar-refractivity contribution in [3.63, 3.8) is 0 Å². The number of hydrogen-bond acceptors (Lipinski definition) is 4. The molecule has 4 aliphatic rings. The molecule has 6 nitrogen and oxygen atoms in total. The lowest BCUT2D eigenvalue weighted by atomic mass is 9.68. The number of benzene rings is 1. The molecule has 2 N–H and O–H groups in total. The Labute approximate surface area is 184 Å². The summed E-state index contributed by atoms with van der Waals surface area (Å²) in [5.41, 5.74) is 2.00. The van der Waals surface area contributed by atoms with Gasteiger partial charge in [0.1, 0.15) is 5.54 Å². The van der Waals surface area contributed by atoms with Crippen LogP contribution in [0.15, 0.2) is 24.3 Å². The van der Waals surface area contributed by atoms with Crippen molar-refractivity contribution in [2.75, 3.05) is 19.6 Å². The number of carbonyl (C=O) groups excluding carboxylic acids is 2. The fourth-order valence-electron chi connectivity index (χ4n) is 6.07. The van der Waals surface area contributed by atoms with Crippen molar-refractivity contribution in [2.24, 2.45) is 11.8 Å². The van der Waals surface area contributed by atoms with E-state index in [1.807, 2.05) is 4.90 Å². The molecular weight excluding hydrogens is 388 g/mol. The van der Waals surface area contributed by atoms with Gasteiger partial charge >= 0.3 is 0 Å². The van der Waals surface area contributed by atoms with Crippen molar-refractivity contribution < 1.29 is 9.59 Å². The Kier molecular flexibility index (Phi) is 5.26. The van der Waals surface area contributed by atoms with E-state index in [4.69, 9.17) is 0 Å². The van der Waals surface area contributed by atoms with E-state index in [0.717, 1.165) is 71.0 Å². The van der Waals surface area contributed by atoms with Crippen LogP contribution in [-0.4, -0.2) is 41.9 Å². The third-order valence-corrected chi connectivity index (χ3v) is 8.06. The second kappa shape index (κ2) is 7.94. The molecule has 3 fully saturated rings. The van der Waals surface area contributed by atoms with E-state index in [2.05, 4.69) is 41.0 Å². The Morgan fingerprint density at radius 3 is 2.48 bits per heavy atom. The van der Waals surface area contributed by atoms with Gasteiger partial charge in [-0.3, -0.25) is 9.59 Å². The molecule has 164 valence electrons. The van der Waals surface area contributed by atoms with Crippen LogP contribution in [0.5, 0.6) is 0 Å². The molecule has 2 aliphatic heterocycles. The summed E-state index contributed by atoms with van der Waals surface area (Å²) in [5, 5.41) is 15.8. The first-order valence-corrected chi connectivity index (χ1v) is 11.9. The lowest BCUT2D eigenvalue weighted by molar-refractivity contribution is -0.145. The SMILES string of the molecule is N#CC1(NC(=O)C2CCCCC2C(=O)N2Cc3ccccc3C3(CCNCC3)C2)CC1. The van der Waals surface area contributed by atoms with Gasteiger partial charge in [0.25, 0.3) is 0 Å².